The van der Waals surface area contributed by atoms with Crippen molar-refractivity contribution in [2.45, 2.75) is 40.1 Å². The molecule has 4 heteroatoms. The number of alkyl halides is 1. The van der Waals surface area contributed by atoms with Gasteiger partial charge in [-0.05, 0) is 29.5 Å². The van der Waals surface area contributed by atoms with Crippen molar-refractivity contribution in [2.75, 3.05) is 0 Å². The summed E-state index contributed by atoms with van der Waals surface area (Å²) >= 11 is 12.1. The zero-order chi connectivity index (χ0) is 14.2. The van der Waals surface area contributed by atoms with E-state index in [4.69, 9.17) is 23.2 Å². The van der Waals surface area contributed by atoms with Crippen molar-refractivity contribution in [2.24, 2.45) is 11.3 Å². The van der Waals surface area contributed by atoms with Gasteiger partial charge in [-0.15, -0.1) is 11.6 Å². The highest BCUT2D eigenvalue weighted by Crippen LogP contribution is 2.31. The summed E-state index contributed by atoms with van der Waals surface area (Å²) in [5.41, 5.74) is 2.20. The van der Waals surface area contributed by atoms with Gasteiger partial charge in [-0.2, -0.15) is 0 Å². The Morgan fingerprint density at radius 3 is 2.58 bits per heavy atom. The summed E-state index contributed by atoms with van der Waals surface area (Å²) in [5.74, 6) is 1.90. The molecule has 104 valence electrons. The van der Waals surface area contributed by atoms with Gasteiger partial charge in [0, 0.05) is 11.6 Å². The van der Waals surface area contributed by atoms with Gasteiger partial charge in [-0.25, -0.2) is 4.98 Å². The van der Waals surface area contributed by atoms with Crippen LogP contribution in [-0.4, -0.2) is 9.55 Å². The summed E-state index contributed by atoms with van der Waals surface area (Å²) in [6.07, 6.45) is 0. The lowest BCUT2D eigenvalue weighted by molar-refractivity contribution is 0.211. The maximum Gasteiger partial charge on any atom is 0.124 e. The molecule has 2 aromatic rings. The monoisotopic (exact) mass is 298 g/mol. The van der Waals surface area contributed by atoms with Gasteiger partial charge < -0.3 is 4.57 Å². The first-order chi connectivity index (χ1) is 8.85. The van der Waals surface area contributed by atoms with E-state index in [1.807, 2.05) is 18.2 Å². The molecule has 1 heterocycles. The average Bonchev–Trinajstić information content (AvgIpc) is 2.66. The smallest absolute Gasteiger partial charge is 0.124 e. The molecule has 0 radical (unpaired) electrons. The minimum Gasteiger partial charge on any atom is -0.326 e. The van der Waals surface area contributed by atoms with E-state index in [9.17, 15) is 0 Å². The Balaban J connectivity index is 2.54. The third kappa shape index (κ3) is 2.90. The van der Waals surface area contributed by atoms with Crippen LogP contribution in [0.4, 0.5) is 0 Å². The lowest BCUT2D eigenvalue weighted by Crippen LogP contribution is -2.26. The Morgan fingerprint density at radius 1 is 1.32 bits per heavy atom. The molecule has 0 spiro atoms. The first-order valence-electron chi connectivity index (χ1n) is 6.56. The molecule has 19 heavy (non-hydrogen) atoms. The predicted molar refractivity (Wildman–Crippen MR) is 82.9 cm³/mol. The molecular formula is C15H20Cl2N2. The predicted octanol–water partition coefficient (Wildman–Crippen LogP) is 5.11. The number of imidazole rings is 1. The number of nitrogens with zero attached hydrogens (tertiary/aromatic N) is 2. The highest BCUT2D eigenvalue weighted by atomic mass is 35.5. The van der Waals surface area contributed by atoms with Crippen LogP contribution in [0, 0.1) is 11.3 Å². The molecule has 0 atom stereocenters. The van der Waals surface area contributed by atoms with E-state index < -0.39 is 0 Å². The first-order valence-corrected chi connectivity index (χ1v) is 7.47. The van der Waals surface area contributed by atoms with Crippen LogP contribution in [0.15, 0.2) is 18.2 Å². The van der Waals surface area contributed by atoms with Gasteiger partial charge in [-0.3, -0.25) is 0 Å². The Hall–Kier alpha value is -0.730. The van der Waals surface area contributed by atoms with Crippen LogP contribution in [0.2, 0.25) is 5.02 Å². The fraction of sp³-hybridized carbons (Fsp3) is 0.533. The van der Waals surface area contributed by atoms with Crippen LogP contribution in [0.5, 0.6) is 0 Å². The van der Waals surface area contributed by atoms with E-state index in [0.717, 1.165) is 28.4 Å². The number of aromatic nitrogens is 2. The van der Waals surface area contributed by atoms with Gasteiger partial charge >= 0.3 is 0 Å². The van der Waals surface area contributed by atoms with Crippen LogP contribution in [-0.2, 0) is 12.4 Å². The molecule has 1 aromatic carbocycles. The van der Waals surface area contributed by atoms with Crippen LogP contribution in [0.25, 0.3) is 11.0 Å². The summed E-state index contributed by atoms with van der Waals surface area (Å²) < 4.78 is 2.20. The molecule has 0 aliphatic heterocycles. The van der Waals surface area contributed by atoms with Crippen LogP contribution in [0.1, 0.15) is 33.5 Å². The minimum atomic E-state index is 0.177. The van der Waals surface area contributed by atoms with Crippen molar-refractivity contribution in [3.63, 3.8) is 0 Å². The first kappa shape index (κ1) is 14.7. The third-order valence-electron chi connectivity index (χ3n) is 4.04. The Bertz CT molecular complexity index is 585. The van der Waals surface area contributed by atoms with Crippen LogP contribution in [0.3, 0.4) is 0 Å². The van der Waals surface area contributed by atoms with E-state index >= 15 is 0 Å². The van der Waals surface area contributed by atoms with Crippen molar-refractivity contribution in [1.29, 1.82) is 0 Å². The number of hydrogen-bond acceptors (Lipinski definition) is 1. The van der Waals surface area contributed by atoms with E-state index in [2.05, 4.69) is 37.2 Å². The van der Waals surface area contributed by atoms with Gasteiger partial charge in [0.05, 0.1) is 16.9 Å². The van der Waals surface area contributed by atoms with Gasteiger partial charge in [-0.1, -0.05) is 39.3 Å². The number of benzene rings is 1. The Kier molecular flexibility index (Phi) is 4.12. The molecule has 0 saturated heterocycles. The number of hydrogen-bond donors (Lipinski definition) is 0. The van der Waals surface area contributed by atoms with Gasteiger partial charge in [0.2, 0.25) is 0 Å². The maximum atomic E-state index is 6.10. The van der Waals surface area contributed by atoms with E-state index in [1.54, 1.807) is 0 Å². The molecule has 0 aliphatic rings. The second-order valence-corrected chi connectivity index (χ2v) is 6.73. The molecule has 0 amide bonds. The summed E-state index contributed by atoms with van der Waals surface area (Å²) in [5, 5.41) is 0.733. The zero-order valence-corrected chi connectivity index (χ0v) is 13.4. The number of rotatable bonds is 4. The standard InChI is InChI=1S/C15H20Cl2N2/c1-10(2)15(3,4)9-19-13-7-11(17)5-6-12(13)18-14(19)8-16/h5-7,10H,8-9H2,1-4H3. The van der Waals surface area contributed by atoms with Gasteiger partial charge in [0.1, 0.15) is 5.82 Å². The van der Waals surface area contributed by atoms with Gasteiger partial charge in [0.15, 0.2) is 0 Å². The topological polar surface area (TPSA) is 17.8 Å². The number of fused-ring (bicyclic) bond motifs is 1. The lowest BCUT2D eigenvalue weighted by Gasteiger charge is -2.30. The normalized spacial score (nSPS) is 12.6. The molecule has 2 nitrogen and oxygen atoms in total. The summed E-state index contributed by atoms with van der Waals surface area (Å²) in [7, 11) is 0. The molecule has 1 aromatic heterocycles. The second kappa shape index (κ2) is 5.34. The highest BCUT2D eigenvalue weighted by Gasteiger charge is 2.25. The molecule has 0 bridgehead atoms. The fourth-order valence-corrected chi connectivity index (χ4v) is 2.38. The second-order valence-electron chi connectivity index (χ2n) is 6.02. The van der Waals surface area contributed by atoms with Crippen LogP contribution < -0.4 is 0 Å². The van der Waals surface area contributed by atoms with E-state index in [-0.39, 0.29) is 5.41 Å². The third-order valence-corrected chi connectivity index (χ3v) is 4.51. The van der Waals surface area contributed by atoms with E-state index in [0.29, 0.717) is 11.8 Å². The van der Waals surface area contributed by atoms with Crippen molar-refractivity contribution < 1.29 is 0 Å². The van der Waals surface area contributed by atoms with Crippen molar-refractivity contribution in [3.05, 3.63) is 29.0 Å². The molecule has 0 fully saturated rings. The molecule has 0 unspecified atom stereocenters. The van der Waals surface area contributed by atoms with Crippen LogP contribution >= 0.6 is 23.2 Å². The largest absolute Gasteiger partial charge is 0.326 e. The van der Waals surface area contributed by atoms with Crippen molar-refractivity contribution in [3.8, 4) is 0 Å². The number of halogens is 2. The van der Waals surface area contributed by atoms with Gasteiger partial charge in [0.25, 0.3) is 0 Å². The molecule has 0 N–H and O–H groups in total. The maximum absolute atomic E-state index is 6.10. The summed E-state index contributed by atoms with van der Waals surface area (Å²) in [6, 6.07) is 5.79. The highest BCUT2D eigenvalue weighted by molar-refractivity contribution is 6.31. The SMILES string of the molecule is CC(C)C(C)(C)Cn1c(CCl)nc2ccc(Cl)cc21. The molecular weight excluding hydrogens is 279 g/mol. The molecule has 0 aliphatic carbocycles. The summed E-state index contributed by atoms with van der Waals surface area (Å²) in [4.78, 5) is 4.59. The Labute approximate surface area is 124 Å². The molecule has 0 saturated carbocycles. The Morgan fingerprint density at radius 2 is 2.00 bits per heavy atom. The molecule has 2 rings (SSSR count). The average molecular weight is 299 g/mol. The zero-order valence-electron chi connectivity index (χ0n) is 11.9. The van der Waals surface area contributed by atoms with Crippen molar-refractivity contribution >= 4 is 34.2 Å². The van der Waals surface area contributed by atoms with E-state index in [1.165, 1.54) is 0 Å². The lowest BCUT2D eigenvalue weighted by atomic mass is 9.81. The fourth-order valence-electron chi connectivity index (χ4n) is 2.01. The summed E-state index contributed by atoms with van der Waals surface area (Å²) in [6.45, 7) is 9.92. The quantitative estimate of drug-likeness (QED) is 0.717. The minimum absolute atomic E-state index is 0.177. The van der Waals surface area contributed by atoms with Crippen molar-refractivity contribution in [1.82, 2.24) is 9.55 Å².